The number of carbonyl (C=O) groups is 3. The Hall–Kier alpha value is -4.34. The maximum Gasteiger partial charge on any atom is 0.248 e. The van der Waals surface area contributed by atoms with Gasteiger partial charge in [0.1, 0.15) is 11.8 Å². The number of nitrogens with zero attached hydrogens (tertiary/aromatic N) is 2. The molecule has 1 aromatic heterocycles. The topological polar surface area (TPSA) is 123 Å². The molecular formula is C31H40N4O6. The van der Waals surface area contributed by atoms with Gasteiger partial charge in [-0.05, 0) is 58.2 Å². The third-order valence-corrected chi connectivity index (χ3v) is 6.99. The first kappa shape index (κ1) is 31.2. The number of benzene rings is 2. The van der Waals surface area contributed by atoms with Gasteiger partial charge in [0.15, 0.2) is 17.3 Å². The molecule has 2 N–H and O–H groups in total. The van der Waals surface area contributed by atoms with Crippen LogP contribution in [0.5, 0.6) is 11.5 Å². The van der Waals surface area contributed by atoms with E-state index in [9.17, 15) is 14.4 Å². The van der Waals surface area contributed by atoms with Gasteiger partial charge in [0.05, 0.1) is 19.9 Å². The molecule has 10 heteroatoms. The summed E-state index contributed by atoms with van der Waals surface area (Å²) in [7, 11) is 3.01. The molecule has 0 unspecified atom stereocenters. The summed E-state index contributed by atoms with van der Waals surface area (Å²) in [6, 6.07) is 11.4. The van der Waals surface area contributed by atoms with Gasteiger partial charge in [-0.3, -0.25) is 19.3 Å². The summed E-state index contributed by atoms with van der Waals surface area (Å²) in [6.07, 6.45) is 0.375. The van der Waals surface area contributed by atoms with Crippen molar-refractivity contribution in [3.8, 4) is 11.5 Å². The Kier molecular flexibility index (Phi) is 10.2. The Bertz CT molecular complexity index is 1380. The van der Waals surface area contributed by atoms with Crippen molar-refractivity contribution in [3.05, 3.63) is 64.9 Å². The van der Waals surface area contributed by atoms with Crippen molar-refractivity contribution in [2.24, 2.45) is 0 Å². The summed E-state index contributed by atoms with van der Waals surface area (Å²) in [6.45, 7) is 11.3. The van der Waals surface area contributed by atoms with E-state index in [0.29, 0.717) is 34.9 Å². The number of para-hydroxylation sites is 2. The zero-order valence-corrected chi connectivity index (χ0v) is 25.1. The molecule has 220 valence electrons. The number of aromatic nitrogens is 1. The molecular weight excluding hydrogens is 524 g/mol. The largest absolute Gasteiger partial charge is 0.493 e. The molecule has 3 aromatic rings. The van der Waals surface area contributed by atoms with Crippen LogP contribution in [0.15, 0.2) is 47.0 Å². The van der Waals surface area contributed by atoms with Crippen LogP contribution in [0.2, 0.25) is 0 Å². The van der Waals surface area contributed by atoms with Gasteiger partial charge in [-0.2, -0.15) is 0 Å². The fourth-order valence-corrected chi connectivity index (χ4v) is 4.57. The Balaban J connectivity index is 2.13. The molecule has 0 saturated heterocycles. The molecule has 3 rings (SSSR count). The standard InChI is InChI=1S/C31H40N4O6/c1-9-31(5,6)33-30(38)28(22-14-11-15-23(39-7)29(22)40-8)35(27-19(2)12-10-13-20(27)3)26(37)17-16-25(36)32-24-18-21(4)41-34-24/h10-15,18,28H,9,16-17H2,1-8H3,(H,33,38)(H,32,34,36)/t28-/m1/s1. The maximum absolute atomic E-state index is 14.2. The molecule has 0 aliphatic heterocycles. The second kappa shape index (κ2) is 13.3. The van der Waals surface area contributed by atoms with Gasteiger partial charge in [-0.15, -0.1) is 0 Å². The van der Waals surface area contributed by atoms with Gasteiger partial charge in [0.2, 0.25) is 17.7 Å². The lowest BCUT2D eigenvalue weighted by Crippen LogP contribution is -2.51. The zero-order chi connectivity index (χ0) is 30.3. The van der Waals surface area contributed by atoms with Crippen molar-refractivity contribution in [3.63, 3.8) is 0 Å². The highest BCUT2D eigenvalue weighted by atomic mass is 16.5. The summed E-state index contributed by atoms with van der Waals surface area (Å²) in [5.74, 6) is 0.386. The Morgan fingerprint density at radius 1 is 1.00 bits per heavy atom. The number of carbonyl (C=O) groups excluding carboxylic acids is 3. The number of nitrogens with one attached hydrogen (secondary N) is 2. The summed E-state index contributed by atoms with van der Waals surface area (Å²) >= 11 is 0. The molecule has 3 amide bonds. The molecule has 2 aromatic carbocycles. The predicted molar refractivity (Wildman–Crippen MR) is 157 cm³/mol. The van der Waals surface area contributed by atoms with E-state index in [1.807, 2.05) is 52.8 Å². The van der Waals surface area contributed by atoms with Crippen molar-refractivity contribution < 1.29 is 28.4 Å². The van der Waals surface area contributed by atoms with Crippen LogP contribution >= 0.6 is 0 Å². The number of amides is 3. The first-order valence-electron chi connectivity index (χ1n) is 13.6. The summed E-state index contributed by atoms with van der Waals surface area (Å²) in [4.78, 5) is 42.6. The van der Waals surface area contributed by atoms with E-state index in [1.54, 1.807) is 31.2 Å². The van der Waals surface area contributed by atoms with Gasteiger partial charge in [-0.25, -0.2) is 0 Å². The molecule has 0 radical (unpaired) electrons. The van der Waals surface area contributed by atoms with Crippen LogP contribution in [-0.4, -0.2) is 42.6 Å². The number of hydrogen-bond acceptors (Lipinski definition) is 7. The zero-order valence-electron chi connectivity index (χ0n) is 25.1. The van der Waals surface area contributed by atoms with Gasteiger partial charge < -0.3 is 24.6 Å². The fraction of sp³-hybridized carbons (Fsp3) is 0.419. The van der Waals surface area contributed by atoms with E-state index < -0.39 is 23.4 Å². The Morgan fingerprint density at radius 2 is 1.66 bits per heavy atom. The quantitative estimate of drug-likeness (QED) is 0.301. The van der Waals surface area contributed by atoms with Crippen LogP contribution < -0.4 is 25.0 Å². The third kappa shape index (κ3) is 7.45. The average molecular weight is 565 g/mol. The fourth-order valence-electron chi connectivity index (χ4n) is 4.57. The summed E-state index contributed by atoms with van der Waals surface area (Å²) in [5, 5.41) is 9.53. The SMILES string of the molecule is CCC(C)(C)NC(=O)[C@@H](c1cccc(OC)c1OC)N(C(=O)CCC(=O)Nc1cc(C)on1)c1c(C)cccc1C. The third-order valence-electron chi connectivity index (χ3n) is 6.99. The number of anilines is 2. The average Bonchev–Trinajstić information content (AvgIpc) is 3.34. The normalized spacial score (nSPS) is 11.9. The van der Waals surface area contributed by atoms with E-state index >= 15 is 0 Å². The van der Waals surface area contributed by atoms with Gasteiger partial charge in [0.25, 0.3) is 0 Å². The smallest absolute Gasteiger partial charge is 0.248 e. The number of rotatable bonds is 12. The lowest BCUT2D eigenvalue weighted by molar-refractivity contribution is -0.128. The van der Waals surface area contributed by atoms with Gasteiger partial charge in [0, 0.05) is 30.0 Å². The van der Waals surface area contributed by atoms with Crippen LogP contribution in [0.1, 0.15) is 68.5 Å². The summed E-state index contributed by atoms with van der Waals surface area (Å²) < 4.78 is 16.3. The van der Waals surface area contributed by atoms with Crippen molar-refractivity contribution in [2.75, 3.05) is 24.4 Å². The molecule has 0 aliphatic rings. The molecule has 41 heavy (non-hydrogen) atoms. The first-order chi connectivity index (χ1) is 19.4. The minimum absolute atomic E-state index is 0.129. The number of ether oxygens (including phenoxy) is 2. The summed E-state index contributed by atoms with van der Waals surface area (Å²) in [5.41, 5.74) is 2.09. The lowest BCUT2D eigenvalue weighted by atomic mass is 9.95. The van der Waals surface area contributed by atoms with Crippen LogP contribution in [0, 0.1) is 20.8 Å². The monoisotopic (exact) mass is 564 g/mol. The molecule has 0 aliphatic carbocycles. The molecule has 0 bridgehead atoms. The maximum atomic E-state index is 14.2. The van der Waals surface area contributed by atoms with Crippen LogP contribution in [-0.2, 0) is 14.4 Å². The molecule has 1 atom stereocenters. The molecule has 0 spiro atoms. The highest BCUT2D eigenvalue weighted by Gasteiger charge is 2.38. The van der Waals surface area contributed by atoms with E-state index in [1.165, 1.54) is 19.1 Å². The highest BCUT2D eigenvalue weighted by molar-refractivity contribution is 6.04. The lowest BCUT2D eigenvalue weighted by Gasteiger charge is -2.36. The highest BCUT2D eigenvalue weighted by Crippen LogP contribution is 2.41. The van der Waals surface area contributed by atoms with Crippen LogP contribution in [0.25, 0.3) is 0 Å². The first-order valence-corrected chi connectivity index (χ1v) is 13.6. The molecule has 10 nitrogen and oxygen atoms in total. The van der Waals surface area contributed by atoms with Crippen LogP contribution in [0.3, 0.4) is 0 Å². The van der Waals surface area contributed by atoms with Crippen molar-refractivity contribution in [2.45, 2.75) is 72.4 Å². The van der Waals surface area contributed by atoms with E-state index in [2.05, 4.69) is 15.8 Å². The van der Waals surface area contributed by atoms with Crippen molar-refractivity contribution >= 4 is 29.2 Å². The molecule has 0 fully saturated rings. The van der Waals surface area contributed by atoms with E-state index in [4.69, 9.17) is 14.0 Å². The Morgan fingerprint density at radius 3 is 2.22 bits per heavy atom. The molecule has 0 saturated carbocycles. The van der Waals surface area contributed by atoms with Gasteiger partial charge >= 0.3 is 0 Å². The van der Waals surface area contributed by atoms with Crippen molar-refractivity contribution in [1.82, 2.24) is 10.5 Å². The Labute approximate surface area is 241 Å². The van der Waals surface area contributed by atoms with Gasteiger partial charge in [-0.1, -0.05) is 42.4 Å². The minimum atomic E-state index is -1.13. The second-order valence-electron chi connectivity index (χ2n) is 10.6. The minimum Gasteiger partial charge on any atom is -0.493 e. The van der Waals surface area contributed by atoms with E-state index in [-0.39, 0.29) is 24.6 Å². The number of methoxy groups -OCH3 is 2. The second-order valence-corrected chi connectivity index (χ2v) is 10.6. The van der Waals surface area contributed by atoms with Crippen LogP contribution in [0.4, 0.5) is 11.5 Å². The predicted octanol–water partition coefficient (Wildman–Crippen LogP) is 5.42. The molecule has 1 heterocycles. The number of hydrogen-bond donors (Lipinski definition) is 2. The number of aryl methyl sites for hydroxylation is 3. The van der Waals surface area contributed by atoms with Crippen molar-refractivity contribution in [1.29, 1.82) is 0 Å². The van der Waals surface area contributed by atoms with E-state index in [0.717, 1.165) is 11.1 Å².